The zero-order chi connectivity index (χ0) is 19.9. The quantitative estimate of drug-likeness (QED) is 0.395. The number of hydrogen-bond acceptors (Lipinski definition) is 5. The number of carbonyl (C=O) groups is 2. The molecule has 0 unspecified atom stereocenters. The number of anilines is 1. The van der Waals surface area contributed by atoms with Crippen molar-refractivity contribution in [3.05, 3.63) is 106 Å². The van der Waals surface area contributed by atoms with Crippen molar-refractivity contribution in [2.75, 3.05) is 5.32 Å². The predicted molar refractivity (Wildman–Crippen MR) is 103 cm³/mol. The zero-order valence-corrected chi connectivity index (χ0v) is 14.7. The number of para-hydroxylation sites is 1. The highest BCUT2D eigenvalue weighted by Gasteiger charge is 2.16. The number of nitro groups is 1. The molecule has 0 aliphatic rings. The van der Waals surface area contributed by atoms with E-state index in [4.69, 9.17) is 4.74 Å². The minimum Gasteiger partial charge on any atom is -0.457 e. The molecule has 0 radical (unpaired) electrons. The molecule has 0 aliphatic carbocycles. The van der Waals surface area contributed by atoms with Gasteiger partial charge in [0, 0.05) is 17.7 Å². The van der Waals surface area contributed by atoms with Gasteiger partial charge in [0.05, 0.1) is 16.2 Å². The molecule has 0 aliphatic heterocycles. The number of ether oxygens (including phenoxy) is 1. The minimum absolute atomic E-state index is 0.0796. The Labute approximate surface area is 160 Å². The number of amides is 1. The third-order valence-electron chi connectivity index (χ3n) is 3.92. The average molecular weight is 376 g/mol. The van der Waals surface area contributed by atoms with Gasteiger partial charge in [0.2, 0.25) is 0 Å². The van der Waals surface area contributed by atoms with Gasteiger partial charge in [-0.3, -0.25) is 14.9 Å². The van der Waals surface area contributed by atoms with Crippen LogP contribution in [-0.4, -0.2) is 16.8 Å². The van der Waals surface area contributed by atoms with E-state index in [2.05, 4.69) is 5.32 Å². The number of carbonyl (C=O) groups excluding carboxylic acids is 2. The Morgan fingerprint density at radius 2 is 1.64 bits per heavy atom. The second-order valence-corrected chi connectivity index (χ2v) is 5.87. The number of nitrogens with one attached hydrogen (secondary N) is 1. The Hall–Kier alpha value is -4.00. The van der Waals surface area contributed by atoms with Crippen LogP contribution in [0.15, 0.2) is 78.9 Å². The molecule has 7 nitrogen and oxygen atoms in total. The summed E-state index contributed by atoms with van der Waals surface area (Å²) < 4.78 is 5.26. The van der Waals surface area contributed by atoms with Crippen molar-refractivity contribution in [3.8, 4) is 0 Å². The number of nitro benzene ring substituents is 1. The van der Waals surface area contributed by atoms with Crippen LogP contribution in [0.4, 0.5) is 11.4 Å². The normalized spacial score (nSPS) is 10.1. The first-order valence-corrected chi connectivity index (χ1v) is 8.40. The predicted octanol–water partition coefficient (Wildman–Crippen LogP) is 4.20. The third-order valence-corrected chi connectivity index (χ3v) is 3.92. The second kappa shape index (κ2) is 8.59. The number of nitrogens with zero attached hydrogens (tertiary/aromatic N) is 1. The molecule has 7 heteroatoms. The number of hydrogen-bond donors (Lipinski definition) is 1. The van der Waals surface area contributed by atoms with Gasteiger partial charge in [0.1, 0.15) is 6.61 Å². The Morgan fingerprint density at radius 1 is 0.929 bits per heavy atom. The molecule has 0 saturated carbocycles. The molecule has 3 rings (SSSR count). The van der Waals surface area contributed by atoms with Crippen molar-refractivity contribution < 1.29 is 19.2 Å². The van der Waals surface area contributed by atoms with E-state index in [1.807, 2.05) is 0 Å². The first kappa shape index (κ1) is 18.8. The molecule has 0 spiro atoms. The molecule has 140 valence electrons. The fourth-order valence-electron chi connectivity index (χ4n) is 2.54. The van der Waals surface area contributed by atoms with Gasteiger partial charge in [-0.1, -0.05) is 42.5 Å². The molecule has 0 bridgehead atoms. The summed E-state index contributed by atoms with van der Waals surface area (Å²) in [6, 6.07) is 21.0. The summed E-state index contributed by atoms with van der Waals surface area (Å²) in [5.74, 6) is -0.991. The van der Waals surface area contributed by atoms with E-state index in [-0.39, 0.29) is 23.8 Å². The van der Waals surface area contributed by atoms with Crippen LogP contribution in [0.2, 0.25) is 0 Å². The van der Waals surface area contributed by atoms with E-state index in [1.54, 1.807) is 54.6 Å². The fourth-order valence-corrected chi connectivity index (χ4v) is 2.54. The highest BCUT2D eigenvalue weighted by atomic mass is 16.6. The highest BCUT2D eigenvalue weighted by Crippen LogP contribution is 2.19. The van der Waals surface area contributed by atoms with Crippen LogP contribution >= 0.6 is 0 Å². The largest absolute Gasteiger partial charge is 0.457 e. The molecule has 0 saturated heterocycles. The van der Waals surface area contributed by atoms with E-state index < -0.39 is 10.9 Å². The summed E-state index contributed by atoms with van der Waals surface area (Å²) in [4.78, 5) is 35.1. The maximum atomic E-state index is 12.5. The van der Waals surface area contributed by atoms with E-state index in [0.717, 1.165) is 0 Å². The molecule has 0 fully saturated rings. The summed E-state index contributed by atoms with van der Waals surface area (Å²) in [5.41, 5.74) is 1.39. The maximum absolute atomic E-state index is 12.5. The number of non-ortho nitro benzene ring substituents is 1. The van der Waals surface area contributed by atoms with Crippen molar-refractivity contribution in [2.45, 2.75) is 6.61 Å². The lowest BCUT2D eigenvalue weighted by molar-refractivity contribution is -0.384. The van der Waals surface area contributed by atoms with Crippen LogP contribution in [0.5, 0.6) is 0 Å². The monoisotopic (exact) mass is 376 g/mol. The lowest BCUT2D eigenvalue weighted by atomic mass is 10.1. The van der Waals surface area contributed by atoms with E-state index in [9.17, 15) is 19.7 Å². The van der Waals surface area contributed by atoms with E-state index in [1.165, 1.54) is 24.3 Å². The van der Waals surface area contributed by atoms with Crippen LogP contribution in [0.25, 0.3) is 0 Å². The third kappa shape index (κ3) is 4.59. The number of esters is 1. The van der Waals surface area contributed by atoms with Gasteiger partial charge >= 0.3 is 5.97 Å². The second-order valence-electron chi connectivity index (χ2n) is 5.87. The van der Waals surface area contributed by atoms with Crippen LogP contribution in [-0.2, 0) is 11.3 Å². The van der Waals surface area contributed by atoms with Gasteiger partial charge in [0.15, 0.2) is 0 Å². The molecule has 0 aromatic heterocycles. The summed E-state index contributed by atoms with van der Waals surface area (Å²) in [7, 11) is 0. The molecule has 1 N–H and O–H groups in total. The summed E-state index contributed by atoms with van der Waals surface area (Å²) >= 11 is 0. The van der Waals surface area contributed by atoms with Crippen molar-refractivity contribution >= 4 is 23.3 Å². The Morgan fingerprint density at radius 3 is 2.39 bits per heavy atom. The first-order valence-electron chi connectivity index (χ1n) is 8.40. The van der Waals surface area contributed by atoms with Crippen molar-refractivity contribution in [1.29, 1.82) is 0 Å². The standard InChI is InChI=1S/C21H16N2O5/c24-20(16-8-2-1-3-9-16)22-19-12-5-4-11-18(19)21(25)28-14-15-7-6-10-17(13-15)23(26)27/h1-13H,14H2,(H,22,24). The van der Waals surface area contributed by atoms with Gasteiger partial charge in [-0.05, 0) is 29.8 Å². The molecule has 3 aromatic rings. The minimum atomic E-state index is -0.643. The van der Waals surface area contributed by atoms with Crippen LogP contribution < -0.4 is 5.32 Å². The molecule has 28 heavy (non-hydrogen) atoms. The van der Waals surface area contributed by atoms with E-state index >= 15 is 0 Å². The van der Waals surface area contributed by atoms with E-state index in [0.29, 0.717) is 16.8 Å². The Balaban J connectivity index is 1.71. The molecule has 1 amide bonds. The van der Waals surface area contributed by atoms with Crippen LogP contribution in [0.1, 0.15) is 26.3 Å². The highest BCUT2D eigenvalue weighted by molar-refractivity contribution is 6.07. The molecule has 3 aromatic carbocycles. The smallest absolute Gasteiger partial charge is 0.340 e. The molecular formula is C21H16N2O5. The summed E-state index contributed by atoms with van der Waals surface area (Å²) in [6.07, 6.45) is 0. The topological polar surface area (TPSA) is 98.5 Å². The lowest BCUT2D eigenvalue weighted by Crippen LogP contribution is -2.15. The zero-order valence-electron chi connectivity index (χ0n) is 14.7. The van der Waals surface area contributed by atoms with Gasteiger partial charge in [-0.2, -0.15) is 0 Å². The summed E-state index contributed by atoms with van der Waals surface area (Å²) in [6.45, 7) is -0.124. The number of rotatable bonds is 6. The Bertz CT molecular complexity index is 1020. The molecule has 0 heterocycles. The van der Waals surface area contributed by atoms with Crippen molar-refractivity contribution in [1.82, 2.24) is 0 Å². The fraction of sp³-hybridized carbons (Fsp3) is 0.0476. The van der Waals surface area contributed by atoms with Crippen molar-refractivity contribution in [2.24, 2.45) is 0 Å². The molecular weight excluding hydrogens is 360 g/mol. The SMILES string of the molecule is O=C(Nc1ccccc1C(=O)OCc1cccc([N+](=O)[O-])c1)c1ccccc1. The maximum Gasteiger partial charge on any atom is 0.340 e. The van der Waals surface area contributed by atoms with Gasteiger partial charge in [0.25, 0.3) is 11.6 Å². The average Bonchev–Trinajstić information content (AvgIpc) is 2.73. The Kier molecular flexibility index (Phi) is 5.76. The van der Waals surface area contributed by atoms with Crippen LogP contribution in [0.3, 0.4) is 0 Å². The van der Waals surface area contributed by atoms with Crippen LogP contribution in [0, 0.1) is 10.1 Å². The summed E-state index contributed by atoms with van der Waals surface area (Å²) in [5, 5.41) is 13.5. The van der Waals surface area contributed by atoms with Crippen molar-refractivity contribution in [3.63, 3.8) is 0 Å². The molecule has 0 atom stereocenters. The first-order chi connectivity index (χ1) is 13.5. The number of benzene rings is 3. The van der Waals surface area contributed by atoms with Gasteiger partial charge in [-0.25, -0.2) is 4.79 Å². The van der Waals surface area contributed by atoms with Gasteiger partial charge in [-0.15, -0.1) is 0 Å². The van der Waals surface area contributed by atoms with Gasteiger partial charge < -0.3 is 10.1 Å². The lowest BCUT2D eigenvalue weighted by Gasteiger charge is -2.11.